The summed E-state index contributed by atoms with van der Waals surface area (Å²) < 4.78 is 14.3. The van der Waals surface area contributed by atoms with E-state index in [1.807, 2.05) is 26.2 Å². The van der Waals surface area contributed by atoms with Crippen molar-refractivity contribution in [3.8, 4) is 0 Å². The van der Waals surface area contributed by atoms with Crippen LogP contribution in [-0.2, 0) is 6.54 Å². The number of halogens is 1. The topological polar surface area (TPSA) is 73.9 Å². The van der Waals surface area contributed by atoms with Gasteiger partial charge in [0.15, 0.2) is 0 Å². The number of aromatic amines is 1. The number of rotatable bonds is 4. The molecule has 0 unspecified atom stereocenters. The molecule has 31 heavy (non-hydrogen) atoms. The lowest BCUT2D eigenvalue weighted by Crippen LogP contribution is -2.28. The third kappa shape index (κ3) is 3.47. The molecule has 1 aliphatic heterocycles. The third-order valence-electron chi connectivity index (χ3n) is 5.72. The predicted molar refractivity (Wildman–Crippen MR) is 119 cm³/mol. The van der Waals surface area contributed by atoms with Crippen LogP contribution in [0.2, 0.25) is 0 Å². The number of nitrogens with zero attached hydrogens (tertiary/aromatic N) is 3. The first-order chi connectivity index (χ1) is 15.0. The first-order valence-electron chi connectivity index (χ1n) is 10.1. The maximum Gasteiger partial charge on any atom is 0.272 e. The fraction of sp³-hybridized carbons (Fsp3) is 0.208. The predicted octanol–water partition coefficient (Wildman–Crippen LogP) is 3.82. The molecule has 2 aromatic carbocycles. The van der Waals surface area contributed by atoms with Crippen LogP contribution >= 0.6 is 0 Å². The Morgan fingerprint density at radius 1 is 1.03 bits per heavy atom. The van der Waals surface area contributed by atoms with Crippen molar-refractivity contribution in [1.29, 1.82) is 0 Å². The smallest absolute Gasteiger partial charge is 0.272 e. The van der Waals surface area contributed by atoms with Crippen molar-refractivity contribution in [2.75, 3.05) is 19.4 Å². The summed E-state index contributed by atoms with van der Waals surface area (Å²) in [6.07, 6.45) is 3.48. The molecule has 0 bridgehead atoms. The van der Waals surface area contributed by atoms with Gasteiger partial charge in [0, 0.05) is 30.0 Å². The minimum Gasteiger partial charge on any atom is -0.377 e. The molecule has 3 heterocycles. The van der Waals surface area contributed by atoms with Crippen LogP contribution in [0.4, 0.5) is 10.1 Å². The van der Waals surface area contributed by atoms with Crippen molar-refractivity contribution in [3.63, 3.8) is 0 Å². The molecule has 2 N–H and O–H groups in total. The van der Waals surface area contributed by atoms with E-state index in [9.17, 15) is 9.18 Å². The van der Waals surface area contributed by atoms with Crippen molar-refractivity contribution in [2.24, 2.45) is 0 Å². The summed E-state index contributed by atoms with van der Waals surface area (Å²) in [7, 11) is 4.07. The third-order valence-corrected chi connectivity index (χ3v) is 5.72. The standard InChI is InChI=1S/C24H22FN5O/c1-30(2)13-14-3-5-15(6-4-14)20-22(16-7-9-26-10-8-16)27-19-12-17(25)11-18-21(19)23(20)28-29-24(18)31/h3-12,20,22,27H,13H2,1-2H3,(H,29,31)/t20-,22-/m0/s1. The fourth-order valence-corrected chi connectivity index (χ4v) is 4.43. The van der Waals surface area contributed by atoms with E-state index in [2.05, 4.69) is 49.7 Å². The molecule has 2 aromatic heterocycles. The number of pyridine rings is 1. The Hall–Kier alpha value is -3.58. The summed E-state index contributed by atoms with van der Waals surface area (Å²) in [4.78, 5) is 18.6. The Labute approximate surface area is 178 Å². The second-order valence-corrected chi connectivity index (χ2v) is 8.17. The highest BCUT2D eigenvalue weighted by Gasteiger charge is 2.35. The lowest BCUT2D eigenvalue weighted by molar-refractivity contribution is 0.402. The average Bonchev–Trinajstić information content (AvgIpc) is 2.76. The van der Waals surface area contributed by atoms with Gasteiger partial charge in [-0.2, -0.15) is 5.10 Å². The largest absolute Gasteiger partial charge is 0.377 e. The Bertz CT molecular complexity index is 1300. The number of H-pyrrole nitrogens is 1. The maximum atomic E-state index is 14.3. The number of hydrogen-bond donors (Lipinski definition) is 2. The zero-order valence-corrected chi connectivity index (χ0v) is 17.3. The summed E-state index contributed by atoms with van der Waals surface area (Å²) in [5, 5.41) is 11.5. The van der Waals surface area contributed by atoms with Gasteiger partial charge >= 0.3 is 0 Å². The van der Waals surface area contributed by atoms with Crippen molar-refractivity contribution in [2.45, 2.75) is 18.5 Å². The zero-order valence-electron chi connectivity index (χ0n) is 17.3. The van der Waals surface area contributed by atoms with Gasteiger partial charge < -0.3 is 10.2 Å². The summed E-state index contributed by atoms with van der Waals surface area (Å²) in [6, 6.07) is 14.8. The minimum atomic E-state index is -0.461. The molecule has 0 amide bonds. The molecule has 0 fully saturated rings. The van der Waals surface area contributed by atoms with Gasteiger partial charge in [-0.15, -0.1) is 0 Å². The Morgan fingerprint density at radius 2 is 1.77 bits per heavy atom. The normalized spacial score (nSPS) is 17.7. The second kappa shape index (κ2) is 7.59. The van der Waals surface area contributed by atoms with E-state index in [1.165, 1.54) is 17.7 Å². The van der Waals surface area contributed by atoms with Gasteiger partial charge in [0.1, 0.15) is 5.82 Å². The Kier molecular flexibility index (Phi) is 4.75. The van der Waals surface area contributed by atoms with Crippen LogP contribution in [0.15, 0.2) is 65.7 Å². The van der Waals surface area contributed by atoms with E-state index in [-0.39, 0.29) is 12.0 Å². The quantitative estimate of drug-likeness (QED) is 0.530. The molecular formula is C24H22FN5O. The van der Waals surface area contributed by atoms with E-state index in [4.69, 9.17) is 0 Å². The van der Waals surface area contributed by atoms with Crippen molar-refractivity contribution in [3.05, 3.63) is 99.5 Å². The van der Waals surface area contributed by atoms with E-state index < -0.39 is 11.4 Å². The van der Waals surface area contributed by atoms with Crippen LogP contribution in [0.5, 0.6) is 0 Å². The Balaban J connectivity index is 1.72. The van der Waals surface area contributed by atoms with E-state index >= 15 is 0 Å². The fourth-order valence-electron chi connectivity index (χ4n) is 4.43. The molecule has 0 saturated carbocycles. The molecule has 2 atom stereocenters. The highest BCUT2D eigenvalue weighted by atomic mass is 19.1. The van der Waals surface area contributed by atoms with Crippen molar-refractivity contribution in [1.82, 2.24) is 20.1 Å². The van der Waals surface area contributed by atoms with E-state index in [0.29, 0.717) is 16.5 Å². The molecule has 156 valence electrons. The molecule has 0 radical (unpaired) electrons. The van der Waals surface area contributed by atoms with Gasteiger partial charge in [0.05, 0.1) is 23.0 Å². The van der Waals surface area contributed by atoms with Gasteiger partial charge in [-0.3, -0.25) is 9.78 Å². The molecule has 4 aromatic rings. The monoisotopic (exact) mass is 415 g/mol. The Morgan fingerprint density at radius 3 is 2.48 bits per heavy atom. The van der Waals surface area contributed by atoms with Crippen LogP contribution in [-0.4, -0.2) is 34.2 Å². The lowest BCUT2D eigenvalue weighted by Gasteiger charge is -2.34. The molecule has 6 nitrogen and oxygen atoms in total. The first-order valence-corrected chi connectivity index (χ1v) is 10.1. The average molecular weight is 415 g/mol. The molecule has 0 aliphatic carbocycles. The number of hydrogen-bond acceptors (Lipinski definition) is 5. The minimum absolute atomic E-state index is 0.173. The summed E-state index contributed by atoms with van der Waals surface area (Å²) in [5.41, 5.74) is 4.18. The SMILES string of the molecule is CN(C)Cc1ccc([C@@H]2c3n[nH]c(=O)c4cc(F)cc(c34)N[C@H]2c2ccncc2)cc1. The van der Waals surface area contributed by atoms with Gasteiger partial charge in [-0.1, -0.05) is 24.3 Å². The number of anilines is 1. The van der Waals surface area contributed by atoms with E-state index in [0.717, 1.165) is 23.4 Å². The van der Waals surface area contributed by atoms with Gasteiger partial charge in [0.25, 0.3) is 5.56 Å². The molecule has 5 rings (SSSR count). The van der Waals surface area contributed by atoms with Crippen LogP contribution in [0, 0.1) is 5.82 Å². The number of aromatic nitrogens is 3. The maximum absolute atomic E-state index is 14.3. The highest BCUT2D eigenvalue weighted by Crippen LogP contribution is 2.46. The molecule has 0 saturated heterocycles. The van der Waals surface area contributed by atoms with E-state index in [1.54, 1.807) is 12.4 Å². The second-order valence-electron chi connectivity index (χ2n) is 8.17. The zero-order chi connectivity index (χ0) is 21.5. The summed E-state index contributed by atoms with van der Waals surface area (Å²) >= 11 is 0. The molecular weight excluding hydrogens is 393 g/mol. The van der Waals surface area contributed by atoms with Gasteiger partial charge in [-0.25, -0.2) is 9.49 Å². The van der Waals surface area contributed by atoms with Crippen molar-refractivity contribution >= 4 is 16.5 Å². The highest BCUT2D eigenvalue weighted by molar-refractivity contribution is 5.97. The first kappa shape index (κ1) is 19.4. The van der Waals surface area contributed by atoms with Gasteiger partial charge in [-0.05, 0) is 55.1 Å². The number of benzene rings is 2. The summed E-state index contributed by atoms with van der Waals surface area (Å²) in [5.74, 6) is -0.634. The van der Waals surface area contributed by atoms with Gasteiger partial charge in [0.2, 0.25) is 0 Å². The lowest BCUT2D eigenvalue weighted by atomic mass is 9.80. The van der Waals surface area contributed by atoms with Crippen LogP contribution in [0.3, 0.4) is 0 Å². The van der Waals surface area contributed by atoms with Crippen molar-refractivity contribution < 1.29 is 4.39 Å². The van der Waals surface area contributed by atoms with Crippen LogP contribution in [0.25, 0.3) is 10.8 Å². The number of nitrogens with one attached hydrogen (secondary N) is 2. The molecule has 0 spiro atoms. The molecule has 1 aliphatic rings. The summed E-state index contributed by atoms with van der Waals surface area (Å²) in [6.45, 7) is 0.847. The van der Waals surface area contributed by atoms with Crippen LogP contribution < -0.4 is 10.9 Å². The van der Waals surface area contributed by atoms with Crippen LogP contribution in [0.1, 0.15) is 34.3 Å². The molecule has 7 heteroatoms.